The Morgan fingerprint density at radius 3 is 2.80 bits per heavy atom. The molecular formula is C15H19N3OS. The molecule has 1 unspecified atom stereocenters. The van der Waals surface area contributed by atoms with Crippen LogP contribution in [-0.2, 0) is 12.2 Å². The maximum Gasteiger partial charge on any atom is 0.228 e. The highest BCUT2D eigenvalue weighted by molar-refractivity contribution is 7.98. The molecule has 0 radical (unpaired) electrons. The summed E-state index contributed by atoms with van der Waals surface area (Å²) >= 11 is 1.72. The summed E-state index contributed by atoms with van der Waals surface area (Å²) in [5.41, 5.74) is 7.34. The van der Waals surface area contributed by atoms with Crippen LogP contribution in [0.15, 0.2) is 33.7 Å². The third-order valence-electron chi connectivity index (χ3n) is 3.54. The zero-order valence-corrected chi connectivity index (χ0v) is 12.4. The Hall–Kier alpha value is -1.33. The van der Waals surface area contributed by atoms with E-state index in [1.807, 2.05) is 0 Å². The van der Waals surface area contributed by atoms with E-state index in [1.54, 1.807) is 11.8 Å². The van der Waals surface area contributed by atoms with Crippen molar-refractivity contribution < 1.29 is 4.52 Å². The van der Waals surface area contributed by atoms with E-state index in [-0.39, 0.29) is 6.04 Å². The number of aromatic nitrogens is 2. The van der Waals surface area contributed by atoms with Crippen LogP contribution in [0.3, 0.4) is 0 Å². The number of nitrogens with two attached hydrogens (primary N) is 1. The molecule has 0 amide bonds. The van der Waals surface area contributed by atoms with Crippen LogP contribution in [0.1, 0.15) is 30.1 Å². The second-order valence-corrected chi connectivity index (χ2v) is 6.46. The van der Waals surface area contributed by atoms with Gasteiger partial charge in [-0.15, -0.1) is 11.8 Å². The number of nitrogens with zero attached hydrogens (tertiary/aromatic N) is 2. The highest BCUT2D eigenvalue weighted by Gasteiger charge is 2.29. The quantitative estimate of drug-likeness (QED) is 0.828. The Balaban J connectivity index is 1.52. The summed E-state index contributed by atoms with van der Waals surface area (Å²) in [7, 11) is 0. The first-order valence-electron chi connectivity index (χ1n) is 6.97. The number of rotatable bonds is 6. The van der Waals surface area contributed by atoms with Gasteiger partial charge in [0, 0.05) is 17.4 Å². The lowest BCUT2D eigenvalue weighted by Crippen LogP contribution is -2.25. The lowest BCUT2D eigenvalue weighted by molar-refractivity contribution is 0.360. The molecule has 1 fully saturated rings. The minimum Gasteiger partial charge on any atom is -0.339 e. The van der Waals surface area contributed by atoms with Crippen molar-refractivity contribution in [1.29, 1.82) is 0 Å². The van der Waals surface area contributed by atoms with Gasteiger partial charge < -0.3 is 10.3 Å². The summed E-state index contributed by atoms with van der Waals surface area (Å²) in [6.07, 6.45) is 3.18. The van der Waals surface area contributed by atoms with Gasteiger partial charge in [0.05, 0.1) is 5.75 Å². The van der Waals surface area contributed by atoms with E-state index < -0.39 is 0 Å². The van der Waals surface area contributed by atoms with Crippen molar-refractivity contribution in [2.75, 3.05) is 0 Å². The largest absolute Gasteiger partial charge is 0.339 e. The molecule has 1 heterocycles. The summed E-state index contributed by atoms with van der Waals surface area (Å²) < 4.78 is 5.27. The third-order valence-corrected chi connectivity index (χ3v) is 4.54. The molecule has 0 spiro atoms. The number of thioether (sulfide) groups is 1. The molecule has 4 nitrogen and oxygen atoms in total. The zero-order chi connectivity index (χ0) is 13.9. The number of benzene rings is 1. The molecule has 1 aliphatic carbocycles. The number of hydrogen-bond acceptors (Lipinski definition) is 5. The molecule has 2 aromatic rings. The first-order chi connectivity index (χ1) is 9.70. The van der Waals surface area contributed by atoms with E-state index in [0.29, 0.717) is 18.2 Å². The second kappa shape index (κ2) is 5.97. The summed E-state index contributed by atoms with van der Waals surface area (Å²) in [6.45, 7) is 2.09. The van der Waals surface area contributed by atoms with Crippen LogP contribution in [-0.4, -0.2) is 16.2 Å². The standard InChI is InChI=1S/C15H19N3OS/c1-10-2-6-12(7-3-10)20-9-14-17-15(19-18-14)8-13(16)11-4-5-11/h2-3,6-7,11,13H,4-5,8-9,16H2,1H3. The van der Waals surface area contributed by atoms with Crippen LogP contribution < -0.4 is 5.73 Å². The molecule has 1 aromatic heterocycles. The van der Waals surface area contributed by atoms with Crippen molar-refractivity contribution >= 4 is 11.8 Å². The van der Waals surface area contributed by atoms with Crippen LogP contribution in [0, 0.1) is 12.8 Å². The maximum atomic E-state index is 6.07. The van der Waals surface area contributed by atoms with E-state index in [0.717, 1.165) is 11.6 Å². The van der Waals surface area contributed by atoms with E-state index in [2.05, 4.69) is 41.3 Å². The van der Waals surface area contributed by atoms with Crippen LogP contribution in [0.25, 0.3) is 0 Å². The fourth-order valence-corrected chi connectivity index (χ4v) is 2.85. The second-order valence-electron chi connectivity index (χ2n) is 5.41. The lowest BCUT2D eigenvalue weighted by atomic mass is 10.1. The predicted octanol–water partition coefficient (Wildman–Crippen LogP) is 2.95. The van der Waals surface area contributed by atoms with Crippen molar-refractivity contribution in [3.8, 4) is 0 Å². The maximum absolute atomic E-state index is 6.07. The molecule has 2 N–H and O–H groups in total. The van der Waals surface area contributed by atoms with Gasteiger partial charge in [0.1, 0.15) is 0 Å². The van der Waals surface area contributed by atoms with Crippen molar-refractivity contribution in [3.63, 3.8) is 0 Å². The zero-order valence-electron chi connectivity index (χ0n) is 11.6. The molecule has 0 bridgehead atoms. The Bertz CT molecular complexity index is 563. The first kappa shape index (κ1) is 13.6. The van der Waals surface area contributed by atoms with Crippen LogP contribution in [0.5, 0.6) is 0 Å². The normalized spacial score (nSPS) is 16.3. The molecule has 20 heavy (non-hydrogen) atoms. The van der Waals surface area contributed by atoms with Gasteiger partial charge in [-0.05, 0) is 37.8 Å². The van der Waals surface area contributed by atoms with E-state index in [1.165, 1.54) is 23.3 Å². The molecule has 5 heteroatoms. The van der Waals surface area contributed by atoms with Crippen LogP contribution in [0.2, 0.25) is 0 Å². The summed E-state index contributed by atoms with van der Waals surface area (Å²) in [4.78, 5) is 5.63. The highest BCUT2D eigenvalue weighted by Crippen LogP contribution is 2.32. The van der Waals surface area contributed by atoms with Crippen LogP contribution >= 0.6 is 11.8 Å². The molecule has 0 aliphatic heterocycles. The first-order valence-corrected chi connectivity index (χ1v) is 7.96. The summed E-state index contributed by atoms with van der Waals surface area (Å²) in [5, 5.41) is 4.02. The Labute approximate surface area is 123 Å². The van der Waals surface area contributed by atoms with Crippen molar-refractivity contribution in [2.45, 2.75) is 42.9 Å². The van der Waals surface area contributed by atoms with Crippen LogP contribution in [0.4, 0.5) is 0 Å². The van der Waals surface area contributed by atoms with Crippen molar-refractivity contribution in [1.82, 2.24) is 10.1 Å². The molecule has 0 saturated heterocycles. The summed E-state index contributed by atoms with van der Waals surface area (Å²) in [6, 6.07) is 8.62. The van der Waals surface area contributed by atoms with Gasteiger partial charge in [-0.25, -0.2) is 0 Å². The average molecular weight is 289 g/mol. The van der Waals surface area contributed by atoms with E-state index in [9.17, 15) is 0 Å². The fraction of sp³-hybridized carbons (Fsp3) is 0.467. The van der Waals surface area contributed by atoms with Gasteiger partial charge in [-0.2, -0.15) is 4.98 Å². The molecule has 106 valence electrons. The van der Waals surface area contributed by atoms with Crippen molar-refractivity contribution in [3.05, 3.63) is 41.5 Å². The monoisotopic (exact) mass is 289 g/mol. The predicted molar refractivity (Wildman–Crippen MR) is 79.4 cm³/mol. The molecule has 1 aliphatic rings. The topological polar surface area (TPSA) is 64.9 Å². The summed E-state index contributed by atoms with van der Waals surface area (Å²) in [5.74, 6) is 2.80. The third kappa shape index (κ3) is 3.61. The van der Waals surface area contributed by atoms with Gasteiger partial charge in [-0.3, -0.25) is 0 Å². The molecule has 1 aromatic carbocycles. The SMILES string of the molecule is Cc1ccc(SCc2noc(CC(N)C3CC3)n2)cc1. The molecule has 1 atom stereocenters. The van der Waals surface area contributed by atoms with Gasteiger partial charge in [0.25, 0.3) is 0 Å². The highest BCUT2D eigenvalue weighted by atomic mass is 32.2. The smallest absolute Gasteiger partial charge is 0.228 e. The minimum absolute atomic E-state index is 0.174. The van der Waals surface area contributed by atoms with Gasteiger partial charge >= 0.3 is 0 Å². The van der Waals surface area contributed by atoms with Crippen molar-refractivity contribution in [2.24, 2.45) is 11.7 Å². The number of hydrogen-bond donors (Lipinski definition) is 1. The molecular weight excluding hydrogens is 270 g/mol. The lowest BCUT2D eigenvalue weighted by Gasteiger charge is -2.04. The Morgan fingerprint density at radius 2 is 2.10 bits per heavy atom. The fourth-order valence-electron chi connectivity index (χ4n) is 2.11. The minimum atomic E-state index is 0.174. The molecule has 3 rings (SSSR count). The van der Waals surface area contributed by atoms with Gasteiger partial charge in [-0.1, -0.05) is 22.9 Å². The van der Waals surface area contributed by atoms with E-state index >= 15 is 0 Å². The number of aryl methyl sites for hydroxylation is 1. The Kier molecular flexibility index (Phi) is 4.08. The average Bonchev–Trinajstić information content (AvgIpc) is 3.20. The van der Waals surface area contributed by atoms with Gasteiger partial charge in [0.2, 0.25) is 5.89 Å². The molecule has 1 saturated carbocycles. The van der Waals surface area contributed by atoms with Gasteiger partial charge in [0.15, 0.2) is 5.82 Å². The van der Waals surface area contributed by atoms with E-state index in [4.69, 9.17) is 10.3 Å². The Morgan fingerprint density at radius 1 is 1.35 bits per heavy atom.